The zero-order valence-electron chi connectivity index (χ0n) is 20.9. The molecule has 1 aromatic heterocycles. The number of esters is 1. The molecule has 0 saturated heterocycles. The second kappa shape index (κ2) is 11.9. The van der Waals surface area contributed by atoms with Crippen LogP contribution in [0.25, 0.3) is 26.6 Å². The molecule has 0 unspecified atom stereocenters. The number of thiophene rings is 1. The molecule has 6 nitrogen and oxygen atoms in total. The minimum atomic E-state index is -0.998. The first-order chi connectivity index (χ1) is 17.9. The van der Waals surface area contributed by atoms with Gasteiger partial charge in [-0.05, 0) is 59.0 Å². The number of ether oxygens (including phenoxy) is 3. The highest BCUT2D eigenvalue weighted by atomic mass is 32.1. The van der Waals surface area contributed by atoms with E-state index >= 15 is 0 Å². The van der Waals surface area contributed by atoms with Crippen LogP contribution >= 0.6 is 11.3 Å². The molecule has 0 saturated carbocycles. The fourth-order valence-electron chi connectivity index (χ4n) is 3.90. The predicted molar refractivity (Wildman–Crippen MR) is 147 cm³/mol. The van der Waals surface area contributed by atoms with Gasteiger partial charge in [0.25, 0.3) is 0 Å². The van der Waals surface area contributed by atoms with E-state index in [1.54, 1.807) is 24.5 Å². The molecule has 37 heavy (non-hydrogen) atoms. The van der Waals surface area contributed by atoms with E-state index in [-0.39, 0.29) is 12.4 Å². The van der Waals surface area contributed by atoms with Gasteiger partial charge in [-0.2, -0.15) is 0 Å². The lowest BCUT2D eigenvalue weighted by atomic mass is 9.96. The number of benzene rings is 3. The lowest BCUT2D eigenvalue weighted by Crippen LogP contribution is -2.10. The second-order valence-electron chi connectivity index (χ2n) is 8.72. The number of carbonyl (C=O) groups is 2. The molecule has 1 heterocycles. The highest BCUT2D eigenvalue weighted by molar-refractivity contribution is 7.22. The molecular formula is C30H28O6S. The molecule has 0 amide bonds. The first-order valence-corrected chi connectivity index (χ1v) is 12.7. The summed E-state index contributed by atoms with van der Waals surface area (Å²) < 4.78 is 17.9. The summed E-state index contributed by atoms with van der Waals surface area (Å²) in [4.78, 5) is 23.9. The number of hydrogen-bond donors (Lipinski definition) is 1. The molecule has 0 fully saturated rings. The van der Waals surface area contributed by atoms with E-state index in [4.69, 9.17) is 19.3 Å². The van der Waals surface area contributed by atoms with E-state index < -0.39 is 5.97 Å². The van der Waals surface area contributed by atoms with Gasteiger partial charge in [0.1, 0.15) is 11.5 Å². The molecule has 0 aliphatic heterocycles. The summed E-state index contributed by atoms with van der Waals surface area (Å²) in [6, 6.07) is 21.1. The molecular weight excluding hydrogens is 488 g/mol. The number of fused-ring (bicyclic) bond motifs is 1. The van der Waals surface area contributed by atoms with Crippen molar-refractivity contribution in [2.45, 2.75) is 26.2 Å². The van der Waals surface area contributed by atoms with Crippen LogP contribution in [0.2, 0.25) is 0 Å². The van der Waals surface area contributed by atoms with Crippen molar-refractivity contribution >= 4 is 39.4 Å². The predicted octanol–water partition coefficient (Wildman–Crippen LogP) is 7.52. The van der Waals surface area contributed by atoms with Crippen molar-refractivity contribution in [3.8, 4) is 27.7 Å². The average Bonchev–Trinajstić information content (AvgIpc) is 3.24. The number of hydrogen-bond acceptors (Lipinski definition) is 6. The summed E-state index contributed by atoms with van der Waals surface area (Å²) in [6.45, 7) is 4.63. The average molecular weight is 517 g/mol. The molecule has 7 heteroatoms. The molecule has 0 bridgehead atoms. The van der Waals surface area contributed by atoms with Gasteiger partial charge in [0, 0.05) is 23.3 Å². The lowest BCUT2D eigenvalue weighted by Gasteiger charge is -2.14. The second-order valence-corrected chi connectivity index (χ2v) is 9.77. The molecule has 0 aliphatic carbocycles. The fraction of sp³-hybridized carbons (Fsp3) is 0.200. The minimum absolute atomic E-state index is 0.179. The Labute approximate surface area is 219 Å². The van der Waals surface area contributed by atoms with Gasteiger partial charge in [0.15, 0.2) is 5.75 Å². The Morgan fingerprint density at radius 2 is 1.73 bits per heavy atom. The Morgan fingerprint density at radius 1 is 1.00 bits per heavy atom. The number of methoxy groups -OCH3 is 1. The minimum Gasteiger partial charge on any atom is -0.478 e. The maximum atomic E-state index is 12.1. The van der Waals surface area contributed by atoms with Crippen molar-refractivity contribution in [3.63, 3.8) is 0 Å². The number of carbonyl (C=O) groups excluding carboxylic acids is 1. The van der Waals surface area contributed by atoms with E-state index in [2.05, 4.69) is 26.0 Å². The zero-order chi connectivity index (χ0) is 26.4. The van der Waals surface area contributed by atoms with Crippen molar-refractivity contribution in [1.29, 1.82) is 0 Å². The number of rotatable bonds is 10. The SMILES string of the molecule is COCCC(=O)Oc1ccc2c(Oc3ccc(/C=C/C(=O)O)cc3)c(-c3ccccc3C(C)C)sc2c1. The van der Waals surface area contributed by atoms with Gasteiger partial charge in [-0.3, -0.25) is 4.79 Å². The van der Waals surface area contributed by atoms with Crippen LogP contribution in [0.1, 0.15) is 37.3 Å². The van der Waals surface area contributed by atoms with Crippen LogP contribution in [0.4, 0.5) is 0 Å². The van der Waals surface area contributed by atoms with Crippen molar-refractivity contribution in [3.05, 3.63) is 83.9 Å². The summed E-state index contributed by atoms with van der Waals surface area (Å²) in [5, 5.41) is 9.77. The van der Waals surface area contributed by atoms with Crippen molar-refractivity contribution in [1.82, 2.24) is 0 Å². The summed E-state index contributed by atoms with van der Waals surface area (Å²) in [5.74, 6) is 0.787. The molecule has 4 rings (SSSR count). The van der Waals surface area contributed by atoms with Gasteiger partial charge >= 0.3 is 11.9 Å². The molecule has 4 aromatic rings. The van der Waals surface area contributed by atoms with E-state index in [1.165, 1.54) is 11.6 Å². The molecule has 1 N–H and O–H groups in total. The largest absolute Gasteiger partial charge is 0.478 e. The maximum absolute atomic E-state index is 12.1. The Morgan fingerprint density at radius 3 is 2.43 bits per heavy atom. The molecule has 3 aromatic carbocycles. The van der Waals surface area contributed by atoms with Gasteiger partial charge in [-0.25, -0.2) is 4.79 Å². The molecule has 0 spiro atoms. The van der Waals surface area contributed by atoms with Gasteiger partial charge in [-0.15, -0.1) is 11.3 Å². The Kier molecular flexibility index (Phi) is 8.38. The molecule has 190 valence electrons. The molecule has 0 radical (unpaired) electrons. The van der Waals surface area contributed by atoms with Crippen molar-refractivity contribution in [2.24, 2.45) is 0 Å². The zero-order valence-corrected chi connectivity index (χ0v) is 21.7. The summed E-state index contributed by atoms with van der Waals surface area (Å²) in [7, 11) is 1.54. The first-order valence-electron chi connectivity index (χ1n) is 11.9. The van der Waals surface area contributed by atoms with Crippen LogP contribution in [0.15, 0.2) is 72.8 Å². The van der Waals surface area contributed by atoms with E-state index in [1.807, 2.05) is 48.5 Å². The van der Waals surface area contributed by atoms with Gasteiger partial charge in [0.05, 0.1) is 17.9 Å². The Bertz CT molecular complexity index is 1430. The lowest BCUT2D eigenvalue weighted by molar-refractivity contribution is -0.135. The Hall–Kier alpha value is -3.94. The topological polar surface area (TPSA) is 82.1 Å². The van der Waals surface area contributed by atoms with Gasteiger partial charge < -0.3 is 19.3 Å². The third kappa shape index (κ3) is 6.44. The fourth-order valence-corrected chi connectivity index (χ4v) is 5.11. The van der Waals surface area contributed by atoms with Crippen LogP contribution in [-0.4, -0.2) is 30.8 Å². The standard InChI is InChI=1S/C30H28O6S/c1-19(2)23-6-4-5-7-24(23)30-29(36-21-11-8-20(9-12-21)10-15-27(31)32)25-14-13-22(18-26(25)37-30)35-28(33)16-17-34-3/h4-15,18-19H,16-17H2,1-3H3,(H,31,32)/b15-10+. The summed E-state index contributed by atoms with van der Waals surface area (Å²) >= 11 is 1.58. The number of carboxylic acid groups (broad SMARTS) is 1. The Balaban J connectivity index is 1.75. The third-order valence-corrected chi connectivity index (χ3v) is 6.87. The van der Waals surface area contributed by atoms with E-state index in [9.17, 15) is 9.59 Å². The van der Waals surface area contributed by atoms with Crippen LogP contribution in [0.5, 0.6) is 17.2 Å². The number of aliphatic carboxylic acids is 1. The maximum Gasteiger partial charge on any atom is 0.328 e. The first kappa shape index (κ1) is 26.1. The summed E-state index contributed by atoms with van der Waals surface area (Å²) in [5.41, 5.74) is 3.06. The van der Waals surface area contributed by atoms with Crippen LogP contribution in [-0.2, 0) is 14.3 Å². The van der Waals surface area contributed by atoms with Crippen molar-refractivity contribution in [2.75, 3.05) is 13.7 Å². The normalized spacial score (nSPS) is 11.4. The highest BCUT2D eigenvalue weighted by Gasteiger charge is 2.20. The molecule has 0 aliphatic rings. The van der Waals surface area contributed by atoms with Crippen LogP contribution in [0.3, 0.4) is 0 Å². The summed E-state index contributed by atoms with van der Waals surface area (Å²) in [6.07, 6.45) is 2.81. The van der Waals surface area contributed by atoms with E-state index in [0.717, 1.165) is 37.9 Å². The quantitative estimate of drug-likeness (QED) is 0.133. The van der Waals surface area contributed by atoms with Gasteiger partial charge in [0.2, 0.25) is 0 Å². The third-order valence-electron chi connectivity index (χ3n) is 5.70. The smallest absolute Gasteiger partial charge is 0.328 e. The number of carboxylic acids is 1. The van der Waals surface area contributed by atoms with Crippen LogP contribution in [0, 0.1) is 0 Å². The van der Waals surface area contributed by atoms with Gasteiger partial charge in [-0.1, -0.05) is 50.2 Å². The molecule has 0 atom stereocenters. The highest BCUT2D eigenvalue weighted by Crippen LogP contribution is 2.48. The van der Waals surface area contributed by atoms with E-state index in [0.29, 0.717) is 24.0 Å². The van der Waals surface area contributed by atoms with Crippen molar-refractivity contribution < 1.29 is 28.9 Å². The monoisotopic (exact) mass is 516 g/mol. The van der Waals surface area contributed by atoms with Crippen LogP contribution < -0.4 is 9.47 Å².